The van der Waals surface area contributed by atoms with Crippen LogP contribution < -0.4 is 0 Å². The minimum absolute atomic E-state index is 0.00108. The van der Waals surface area contributed by atoms with Crippen LogP contribution >= 0.6 is 0 Å². The summed E-state index contributed by atoms with van der Waals surface area (Å²) in [6, 6.07) is 34.3. The summed E-state index contributed by atoms with van der Waals surface area (Å²) in [4.78, 5) is 0. The van der Waals surface area contributed by atoms with Crippen LogP contribution in [0.25, 0.3) is 43.8 Å². The van der Waals surface area contributed by atoms with Crippen LogP contribution in [0, 0.1) is 6.08 Å². The number of halogens is 12. The van der Waals surface area contributed by atoms with Crippen LogP contribution in [0.2, 0.25) is 0 Å². The van der Waals surface area contributed by atoms with Crippen LogP contribution in [-0.2, 0) is 59.8 Å². The fourth-order valence-electron chi connectivity index (χ4n) is 7.77. The predicted octanol–water partition coefficient (Wildman–Crippen LogP) is 17.8. The molecule has 0 aliphatic heterocycles. The Balaban J connectivity index is 0.000000204. The topological polar surface area (TPSA) is 0 Å². The molecule has 0 radical (unpaired) electrons. The molecule has 68 heavy (non-hydrogen) atoms. The summed E-state index contributed by atoms with van der Waals surface area (Å²) < 4.78 is 155. The van der Waals surface area contributed by atoms with E-state index in [1.54, 1.807) is 0 Å². The average Bonchev–Trinajstić information content (AvgIpc) is 3.96. The van der Waals surface area contributed by atoms with Crippen LogP contribution in [0.5, 0.6) is 0 Å². The molecular formula is C55H44F12Zr. The van der Waals surface area contributed by atoms with Gasteiger partial charge in [-0.3, -0.25) is 6.08 Å². The van der Waals surface area contributed by atoms with E-state index < -0.39 is 61.3 Å². The number of hydrogen-bond donors (Lipinski definition) is 0. The first-order chi connectivity index (χ1) is 31.4. The van der Waals surface area contributed by atoms with Gasteiger partial charge in [0.1, 0.15) is 0 Å². The largest absolute Gasteiger partial charge is 0.273 e. The Labute approximate surface area is 401 Å². The van der Waals surface area contributed by atoms with Crippen molar-refractivity contribution in [2.45, 2.75) is 83.5 Å². The monoisotopic (exact) mass is 1020 g/mol. The molecule has 0 atom stereocenters. The number of alkyl halides is 12. The Morgan fingerprint density at radius 1 is 0.471 bits per heavy atom. The smallest absolute Gasteiger partial charge is 0.109 e. The molecule has 0 saturated heterocycles. The second kappa shape index (κ2) is 19.5. The first-order valence-electron chi connectivity index (χ1n) is 21.2. The molecule has 352 valence electrons. The zero-order valence-corrected chi connectivity index (χ0v) is 40.1. The molecule has 7 aromatic carbocycles. The zero-order valence-electron chi connectivity index (χ0n) is 37.6. The SMILES string of the molecule is CC(C)(C)c1cc2c(cc1-c1ccccc1)[cH-]c1cc(-c3ccccc3)c(C(C)(C)C)cc12.FC(F)(F)c1cc([C](=[Zr+2])c2cc(C(F)(F)F)cc(C(F)(F)F)c2)cc(C(F)(F)F)c1.[C-]1=CC=CC1. The summed E-state index contributed by atoms with van der Waals surface area (Å²) in [5, 5.41) is 5.36. The third-order valence-corrected chi connectivity index (χ3v) is 12.5. The van der Waals surface area contributed by atoms with E-state index in [2.05, 4.69) is 145 Å². The summed E-state index contributed by atoms with van der Waals surface area (Å²) in [5.41, 5.74) is -0.377. The molecule has 0 unspecified atom stereocenters. The second-order valence-electron chi connectivity index (χ2n) is 18.3. The molecular weight excluding hydrogens is 980 g/mol. The van der Waals surface area contributed by atoms with Crippen LogP contribution in [-0.4, -0.2) is 3.21 Å². The molecule has 0 amide bonds. The Morgan fingerprint density at radius 3 is 1.06 bits per heavy atom. The Bertz CT molecular complexity index is 2720. The van der Waals surface area contributed by atoms with Crippen molar-refractivity contribution in [3.63, 3.8) is 0 Å². The molecule has 0 spiro atoms. The van der Waals surface area contributed by atoms with Crippen molar-refractivity contribution < 1.29 is 76.9 Å². The van der Waals surface area contributed by atoms with Crippen molar-refractivity contribution in [3.8, 4) is 22.3 Å². The van der Waals surface area contributed by atoms with Gasteiger partial charge in [0, 0.05) is 0 Å². The molecule has 8 rings (SSSR count). The zero-order chi connectivity index (χ0) is 50.2. The number of rotatable bonds is 4. The molecule has 7 aromatic rings. The molecule has 0 N–H and O–H groups in total. The van der Waals surface area contributed by atoms with Gasteiger partial charge >= 0.3 is 175 Å². The van der Waals surface area contributed by atoms with Crippen molar-refractivity contribution in [2.24, 2.45) is 0 Å². The van der Waals surface area contributed by atoms with Crippen LogP contribution in [0.3, 0.4) is 0 Å². The molecule has 1 aliphatic carbocycles. The third kappa shape index (κ3) is 12.4. The van der Waals surface area contributed by atoms with E-state index in [-0.39, 0.29) is 71.5 Å². The van der Waals surface area contributed by atoms with Crippen molar-refractivity contribution in [2.75, 3.05) is 0 Å². The van der Waals surface area contributed by atoms with E-state index in [4.69, 9.17) is 0 Å². The first kappa shape index (κ1) is 52.0. The Hall–Kier alpha value is -5.42. The maximum atomic E-state index is 13.0. The van der Waals surface area contributed by atoms with Crippen LogP contribution in [0.4, 0.5) is 52.7 Å². The van der Waals surface area contributed by atoms with Gasteiger partial charge in [0.2, 0.25) is 0 Å². The predicted molar refractivity (Wildman–Crippen MR) is 243 cm³/mol. The van der Waals surface area contributed by atoms with Gasteiger partial charge in [-0.05, 0) is 44.2 Å². The number of benzene rings is 6. The van der Waals surface area contributed by atoms with Crippen molar-refractivity contribution in [3.05, 3.63) is 196 Å². The summed E-state index contributed by atoms with van der Waals surface area (Å²) in [7, 11) is 0. The summed E-state index contributed by atoms with van der Waals surface area (Å²) in [6.07, 6.45) is -10.9. The van der Waals surface area contributed by atoms with Crippen molar-refractivity contribution >= 4 is 24.8 Å². The fourth-order valence-corrected chi connectivity index (χ4v) is 8.47. The van der Waals surface area contributed by atoms with E-state index in [1.165, 1.54) is 54.9 Å². The minimum Gasteiger partial charge on any atom is -0.273 e. The van der Waals surface area contributed by atoms with E-state index in [9.17, 15) is 52.7 Å². The average molecular weight is 1020 g/mol. The maximum absolute atomic E-state index is 13.0. The van der Waals surface area contributed by atoms with Crippen molar-refractivity contribution in [1.29, 1.82) is 0 Å². The Morgan fingerprint density at radius 2 is 0.809 bits per heavy atom. The van der Waals surface area contributed by atoms with Gasteiger partial charge in [0.15, 0.2) is 0 Å². The first-order valence-corrected chi connectivity index (χ1v) is 22.4. The van der Waals surface area contributed by atoms with Gasteiger partial charge in [-0.25, -0.2) is 12.2 Å². The molecule has 1 aliphatic rings. The number of allylic oxidation sites excluding steroid dienone is 4. The van der Waals surface area contributed by atoms with Crippen LogP contribution in [0.15, 0.2) is 146 Å². The normalized spacial score (nSPS) is 13.4. The molecule has 0 nitrogen and oxygen atoms in total. The quantitative estimate of drug-likeness (QED) is 0.122. The van der Waals surface area contributed by atoms with Gasteiger partial charge in [-0.1, -0.05) is 114 Å². The van der Waals surface area contributed by atoms with Gasteiger partial charge < -0.3 is 0 Å². The minimum atomic E-state index is -5.22. The van der Waals surface area contributed by atoms with E-state index >= 15 is 0 Å². The molecule has 0 aromatic heterocycles. The molecule has 0 heterocycles. The van der Waals surface area contributed by atoms with Gasteiger partial charge in [0.25, 0.3) is 0 Å². The van der Waals surface area contributed by atoms with Gasteiger partial charge in [0.05, 0.1) is 0 Å². The standard InChI is InChI=1S/C33H33.C17H6F12.C5H5.Zr/c1-32(2,3)30-20-26-24(18-28(30)22-13-9-7-10-14-22)17-25-19-29(23-15-11-8-12-16-23)31(21-27(25)26)33(4,5)6;18-14(19,20)10-2-8(3-11(6-10)15(21,22)23)1-9-4-12(16(24,25)26)7-13(5-9)17(27,28)29;1-2-4-5-3-1;/h7-21H,1-6H3;2-7H;1-3H,4H2;/q-1;;-1;+2. The van der Waals surface area contributed by atoms with Crippen molar-refractivity contribution in [1.82, 2.24) is 0 Å². The summed E-state index contributed by atoms with van der Waals surface area (Å²) >= 11 is -0.00108. The molecule has 0 saturated carbocycles. The summed E-state index contributed by atoms with van der Waals surface area (Å²) in [5.74, 6) is 0. The van der Waals surface area contributed by atoms with Gasteiger partial charge in [-0.15, -0.1) is 46.2 Å². The number of hydrogen-bond acceptors (Lipinski definition) is 0. The van der Waals surface area contributed by atoms with Gasteiger partial charge in [-0.2, -0.15) is 6.08 Å². The second-order valence-corrected chi connectivity index (χ2v) is 19.5. The summed E-state index contributed by atoms with van der Waals surface area (Å²) in [6.45, 7) is 13.9. The van der Waals surface area contributed by atoms with E-state index in [1.807, 2.05) is 12.2 Å². The van der Waals surface area contributed by atoms with Crippen LogP contribution in [0.1, 0.15) is 92.5 Å². The van der Waals surface area contributed by atoms with E-state index in [0.29, 0.717) is 0 Å². The maximum Gasteiger partial charge on any atom is -0.109 e. The fraction of sp³-hybridized carbons (Fsp3) is 0.236. The van der Waals surface area contributed by atoms with E-state index in [0.717, 1.165) is 6.42 Å². The molecule has 0 bridgehead atoms. The number of fused-ring (bicyclic) bond motifs is 3. The Kier molecular flexibility index (Phi) is 14.9. The molecule has 13 heteroatoms. The third-order valence-electron chi connectivity index (χ3n) is 11.1. The molecule has 0 fully saturated rings.